The van der Waals surface area contributed by atoms with E-state index in [0.29, 0.717) is 32.7 Å². The van der Waals surface area contributed by atoms with E-state index in [4.69, 9.17) is 23.7 Å². The van der Waals surface area contributed by atoms with Gasteiger partial charge >= 0.3 is 0 Å². The van der Waals surface area contributed by atoms with Crippen molar-refractivity contribution in [3.05, 3.63) is 0 Å². The van der Waals surface area contributed by atoms with Crippen LogP contribution in [-0.4, -0.2) is 74.6 Å². The topological polar surface area (TPSA) is 86.6 Å². The Morgan fingerprint density at radius 2 is 1.86 bits per heavy atom. The second-order valence-corrected chi connectivity index (χ2v) is 5.46. The fourth-order valence-electron chi connectivity index (χ4n) is 2.21. The van der Waals surface area contributed by atoms with Crippen LogP contribution in [0.1, 0.15) is 26.7 Å². The molecule has 0 aromatic carbocycles. The molecule has 21 heavy (non-hydrogen) atoms. The SMILES string of the molecule is COCCOCOCCC[C@@H](O)[C@@H]1OC(C)(C)O[C@@H]1CO. The third-order valence-electron chi connectivity index (χ3n) is 3.17. The number of hydrogen-bond acceptors (Lipinski definition) is 7. The van der Waals surface area contributed by atoms with Crippen molar-refractivity contribution in [2.24, 2.45) is 0 Å². The van der Waals surface area contributed by atoms with E-state index in [0.717, 1.165) is 0 Å². The Labute approximate surface area is 126 Å². The molecule has 0 radical (unpaired) electrons. The van der Waals surface area contributed by atoms with E-state index in [9.17, 15) is 10.2 Å². The van der Waals surface area contributed by atoms with Gasteiger partial charge in [0.25, 0.3) is 0 Å². The van der Waals surface area contributed by atoms with Crippen molar-refractivity contribution >= 4 is 0 Å². The molecular formula is C14H28O7. The number of aliphatic hydroxyl groups excluding tert-OH is 2. The van der Waals surface area contributed by atoms with Crippen LogP contribution in [0.5, 0.6) is 0 Å². The number of methoxy groups -OCH3 is 1. The Balaban J connectivity index is 2.12. The molecule has 0 unspecified atom stereocenters. The summed E-state index contributed by atoms with van der Waals surface area (Å²) in [5, 5.41) is 19.4. The van der Waals surface area contributed by atoms with Crippen LogP contribution in [0.4, 0.5) is 0 Å². The summed E-state index contributed by atoms with van der Waals surface area (Å²) in [5.74, 6) is -0.773. The van der Waals surface area contributed by atoms with E-state index in [1.807, 2.05) is 0 Å². The van der Waals surface area contributed by atoms with Crippen molar-refractivity contribution in [3.63, 3.8) is 0 Å². The van der Waals surface area contributed by atoms with Crippen LogP contribution in [0.3, 0.4) is 0 Å². The Morgan fingerprint density at radius 3 is 2.52 bits per heavy atom. The first kappa shape index (κ1) is 18.8. The first-order valence-electron chi connectivity index (χ1n) is 7.29. The van der Waals surface area contributed by atoms with Gasteiger partial charge in [0.2, 0.25) is 0 Å². The minimum Gasteiger partial charge on any atom is -0.394 e. The first-order chi connectivity index (χ1) is 10.00. The molecule has 126 valence electrons. The van der Waals surface area contributed by atoms with Crippen molar-refractivity contribution in [2.45, 2.75) is 50.8 Å². The molecule has 1 fully saturated rings. The highest BCUT2D eigenvalue weighted by atomic mass is 16.8. The minimum atomic E-state index is -0.773. The van der Waals surface area contributed by atoms with Crippen molar-refractivity contribution in [2.75, 3.05) is 40.3 Å². The highest BCUT2D eigenvalue weighted by Gasteiger charge is 2.44. The van der Waals surface area contributed by atoms with Crippen molar-refractivity contribution < 1.29 is 33.9 Å². The van der Waals surface area contributed by atoms with Gasteiger partial charge in [0.1, 0.15) is 19.0 Å². The zero-order valence-corrected chi connectivity index (χ0v) is 13.1. The van der Waals surface area contributed by atoms with Crippen LogP contribution < -0.4 is 0 Å². The zero-order chi connectivity index (χ0) is 15.7. The van der Waals surface area contributed by atoms with Gasteiger partial charge in [-0.05, 0) is 26.7 Å². The summed E-state index contributed by atoms with van der Waals surface area (Å²) in [6, 6.07) is 0. The Hall–Kier alpha value is -0.280. The zero-order valence-electron chi connectivity index (χ0n) is 13.1. The Bertz CT molecular complexity index is 272. The van der Waals surface area contributed by atoms with E-state index in [-0.39, 0.29) is 13.4 Å². The van der Waals surface area contributed by atoms with Gasteiger partial charge in [-0.3, -0.25) is 0 Å². The summed E-state index contributed by atoms with van der Waals surface area (Å²) >= 11 is 0. The van der Waals surface area contributed by atoms with Gasteiger partial charge in [0, 0.05) is 13.7 Å². The molecule has 7 nitrogen and oxygen atoms in total. The molecule has 1 aliphatic rings. The van der Waals surface area contributed by atoms with Crippen molar-refractivity contribution in [1.29, 1.82) is 0 Å². The predicted octanol–water partition coefficient (Wildman–Crippen LogP) is 0.277. The van der Waals surface area contributed by atoms with Crippen LogP contribution in [-0.2, 0) is 23.7 Å². The summed E-state index contributed by atoms with van der Waals surface area (Å²) in [4.78, 5) is 0. The summed E-state index contributed by atoms with van der Waals surface area (Å²) in [7, 11) is 1.61. The molecule has 0 aromatic heterocycles. The summed E-state index contributed by atoms with van der Waals surface area (Å²) in [6.07, 6.45) is -0.510. The van der Waals surface area contributed by atoms with Gasteiger partial charge in [0.15, 0.2) is 5.79 Å². The molecule has 3 atom stereocenters. The Morgan fingerprint density at radius 1 is 1.14 bits per heavy atom. The molecule has 1 rings (SSSR count). The van der Waals surface area contributed by atoms with E-state index >= 15 is 0 Å². The lowest BCUT2D eigenvalue weighted by Gasteiger charge is -2.21. The molecule has 0 spiro atoms. The molecule has 1 aliphatic heterocycles. The van der Waals surface area contributed by atoms with Crippen LogP contribution in [0.2, 0.25) is 0 Å². The third kappa shape index (κ3) is 7.01. The maximum Gasteiger partial charge on any atom is 0.164 e. The maximum absolute atomic E-state index is 10.1. The second-order valence-electron chi connectivity index (χ2n) is 5.46. The van der Waals surface area contributed by atoms with Gasteiger partial charge < -0.3 is 33.9 Å². The number of rotatable bonds is 11. The first-order valence-corrected chi connectivity index (χ1v) is 7.29. The molecule has 1 saturated heterocycles. The number of aliphatic hydroxyl groups is 2. The van der Waals surface area contributed by atoms with E-state index in [1.165, 1.54) is 0 Å². The lowest BCUT2D eigenvalue weighted by atomic mass is 10.0. The number of ether oxygens (including phenoxy) is 5. The lowest BCUT2D eigenvalue weighted by molar-refractivity contribution is -0.157. The summed E-state index contributed by atoms with van der Waals surface area (Å²) in [5.41, 5.74) is 0. The fourth-order valence-corrected chi connectivity index (χ4v) is 2.21. The molecule has 0 bridgehead atoms. The molecule has 0 saturated carbocycles. The molecule has 0 aromatic rings. The van der Waals surface area contributed by atoms with Gasteiger partial charge in [-0.2, -0.15) is 0 Å². The van der Waals surface area contributed by atoms with E-state index in [2.05, 4.69) is 0 Å². The van der Waals surface area contributed by atoms with Gasteiger partial charge in [-0.25, -0.2) is 0 Å². The molecule has 1 heterocycles. The van der Waals surface area contributed by atoms with Crippen LogP contribution in [0.25, 0.3) is 0 Å². The van der Waals surface area contributed by atoms with E-state index < -0.39 is 24.1 Å². The summed E-state index contributed by atoms with van der Waals surface area (Å²) in [6.45, 7) is 5.11. The second kappa shape index (κ2) is 9.68. The smallest absolute Gasteiger partial charge is 0.164 e. The standard InChI is InChI=1S/C14H28O7/c1-14(2)20-12(9-15)13(21-14)11(16)5-4-6-18-10-19-8-7-17-3/h11-13,15-16H,4-10H2,1-3H3/t11-,12-,13+/m1/s1. The quantitative estimate of drug-likeness (QED) is 0.419. The van der Waals surface area contributed by atoms with Crippen LogP contribution in [0.15, 0.2) is 0 Å². The molecule has 0 amide bonds. The van der Waals surface area contributed by atoms with Gasteiger partial charge in [0.05, 0.1) is 25.9 Å². The number of hydrogen-bond donors (Lipinski definition) is 2. The lowest BCUT2D eigenvalue weighted by Crippen LogP contribution is -2.37. The fraction of sp³-hybridized carbons (Fsp3) is 1.00. The predicted molar refractivity (Wildman–Crippen MR) is 74.8 cm³/mol. The molecule has 0 aliphatic carbocycles. The van der Waals surface area contributed by atoms with Crippen molar-refractivity contribution in [1.82, 2.24) is 0 Å². The van der Waals surface area contributed by atoms with Crippen LogP contribution in [0, 0.1) is 0 Å². The van der Waals surface area contributed by atoms with Gasteiger partial charge in [-0.1, -0.05) is 0 Å². The van der Waals surface area contributed by atoms with E-state index in [1.54, 1.807) is 21.0 Å². The van der Waals surface area contributed by atoms with Crippen LogP contribution >= 0.6 is 0 Å². The van der Waals surface area contributed by atoms with Crippen molar-refractivity contribution in [3.8, 4) is 0 Å². The average Bonchev–Trinajstić information content (AvgIpc) is 2.77. The maximum atomic E-state index is 10.1. The molecule has 2 N–H and O–H groups in total. The minimum absolute atomic E-state index is 0.172. The van der Waals surface area contributed by atoms with Gasteiger partial charge in [-0.15, -0.1) is 0 Å². The third-order valence-corrected chi connectivity index (χ3v) is 3.17. The summed E-state index contributed by atoms with van der Waals surface area (Å²) < 4.78 is 26.4. The monoisotopic (exact) mass is 308 g/mol. The molecule has 7 heteroatoms. The largest absolute Gasteiger partial charge is 0.394 e. The normalized spacial score (nSPS) is 26.1. The highest BCUT2D eigenvalue weighted by molar-refractivity contribution is 4.86. The highest BCUT2D eigenvalue weighted by Crippen LogP contribution is 2.30. The average molecular weight is 308 g/mol. The molecular weight excluding hydrogens is 280 g/mol. The Kier molecular flexibility index (Phi) is 8.65.